The Morgan fingerprint density at radius 1 is 1.62 bits per heavy atom. The summed E-state index contributed by atoms with van der Waals surface area (Å²) in [4.78, 5) is 0.713. The van der Waals surface area contributed by atoms with Gasteiger partial charge in [0.1, 0.15) is 0 Å². The third kappa shape index (κ3) is 2.45. The predicted molar refractivity (Wildman–Crippen MR) is 62.7 cm³/mol. The summed E-state index contributed by atoms with van der Waals surface area (Å²) >= 11 is 1.26. The minimum absolute atomic E-state index is 0.216. The Labute approximate surface area is 99.4 Å². The lowest BCUT2D eigenvalue weighted by Crippen LogP contribution is -2.26. The summed E-state index contributed by atoms with van der Waals surface area (Å²) in [6.45, 7) is 2.39. The third-order valence-electron chi connectivity index (χ3n) is 2.95. The lowest BCUT2D eigenvalue weighted by Gasteiger charge is -2.05. The fourth-order valence-electron chi connectivity index (χ4n) is 1.66. The van der Waals surface area contributed by atoms with Gasteiger partial charge in [0.05, 0.1) is 11.5 Å². The molecule has 90 valence electrons. The summed E-state index contributed by atoms with van der Waals surface area (Å²) < 4.78 is 26.4. The molecule has 0 radical (unpaired) electrons. The molecular weight excluding hydrogens is 246 g/mol. The second-order valence-electron chi connectivity index (χ2n) is 4.19. The molecule has 1 aliphatic carbocycles. The zero-order valence-corrected chi connectivity index (χ0v) is 10.6. The zero-order valence-electron chi connectivity index (χ0n) is 9.01. The number of nitrogens with one attached hydrogen (secondary N) is 1. The molecule has 2 rings (SSSR count). The van der Waals surface area contributed by atoms with Crippen LogP contribution in [0.4, 0.5) is 0 Å². The monoisotopic (exact) mass is 261 g/mol. The molecular formula is C10H15NO3S2. The van der Waals surface area contributed by atoms with Crippen molar-refractivity contribution < 1.29 is 13.5 Å². The molecule has 0 amide bonds. The molecule has 0 aliphatic heterocycles. The summed E-state index contributed by atoms with van der Waals surface area (Å²) in [7, 11) is -3.44. The molecule has 0 bridgehead atoms. The average Bonchev–Trinajstić information content (AvgIpc) is 2.78. The highest BCUT2D eigenvalue weighted by atomic mass is 32.2. The third-order valence-corrected chi connectivity index (χ3v) is 5.49. The van der Waals surface area contributed by atoms with Gasteiger partial charge in [0.2, 0.25) is 10.0 Å². The topological polar surface area (TPSA) is 66.4 Å². The molecule has 1 fully saturated rings. The van der Waals surface area contributed by atoms with E-state index in [-0.39, 0.29) is 11.5 Å². The molecule has 1 aliphatic rings. The van der Waals surface area contributed by atoms with Gasteiger partial charge in [-0.05, 0) is 29.7 Å². The van der Waals surface area contributed by atoms with E-state index in [9.17, 15) is 8.42 Å². The summed E-state index contributed by atoms with van der Waals surface area (Å²) in [5.74, 6) is 1.11. The van der Waals surface area contributed by atoms with Crippen LogP contribution >= 0.6 is 11.3 Å². The number of rotatable bonds is 5. The minimum atomic E-state index is -3.44. The van der Waals surface area contributed by atoms with E-state index in [1.807, 2.05) is 0 Å². The van der Waals surface area contributed by atoms with Crippen molar-refractivity contribution in [1.29, 1.82) is 0 Å². The van der Waals surface area contributed by atoms with Crippen LogP contribution in [0, 0.1) is 11.8 Å². The number of aliphatic hydroxyl groups is 1. The van der Waals surface area contributed by atoms with Gasteiger partial charge >= 0.3 is 0 Å². The van der Waals surface area contributed by atoms with E-state index in [2.05, 4.69) is 11.6 Å². The summed E-state index contributed by atoms with van der Waals surface area (Å²) in [5.41, 5.74) is 0. The van der Waals surface area contributed by atoms with Crippen molar-refractivity contribution in [2.75, 3.05) is 6.54 Å². The number of aliphatic hydroxyl groups excluding tert-OH is 1. The van der Waals surface area contributed by atoms with Crippen LogP contribution in [-0.2, 0) is 16.6 Å². The van der Waals surface area contributed by atoms with Crippen LogP contribution in [0.2, 0.25) is 0 Å². The maximum Gasteiger partial charge on any atom is 0.241 e. The van der Waals surface area contributed by atoms with E-state index >= 15 is 0 Å². The molecule has 0 spiro atoms. The van der Waals surface area contributed by atoms with Crippen LogP contribution in [0.3, 0.4) is 0 Å². The lowest BCUT2D eigenvalue weighted by atomic mass is 10.3. The Kier molecular flexibility index (Phi) is 3.34. The van der Waals surface area contributed by atoms with Crippen LogP contribution in [0.15, 0.2) is 16.3 Å². The summed E-state index contributed by atoms with van der Waals surface area (Å²) in [6, 6.07) is 1.54. The first-order valence-corrected chi connectivity index (χ1v) is 7.57. The Hall–Kier alpha value is -0.430. The van der Waals surface area contributed by atoms with Gasteiger partial charge in [-0.15, -0.1) is 11.3 Å². The zero-order chi connectivity index (χ0) is 11.8. The Balaban J connectivity index is 2.06. The predicted octanol–water partition coefficient (Wildman–Crippen LogP) is 1.17. The van der Waals surface area contributed by atoms with Crippen molar-refractivity contribution >= 4 is 21.4 Å². The molecule has 2 unspecified atom stereocenters. The van der Waals surface area contributed by atoms with Gasteiger partial charge in [0.25, 0.3) is 0 Å². The highest BCUT2D eigenvalue weighted by Gasteiger charge is 2.33. The Morgan fingerprint density at radius 2 is 2.31 bits per heavy atom. The van der Waals surface area contributed by atoms with Crippen LogP contribution in [-0.4, -0.2) is 20.1 Å². The van der Waals surface area contributed by atoms with Crippen molar-refractivity contribution in [1.82, 2.24) is 4.72 Å². The highest BCUT2D eigenvalue weighted by Crippen LogP contribution is 2.37. The van der Waals surface area contributed by atoms with Crippen molar-refractivity contribution in [3.63, 3.8) is 0 Å². The number of hydrogen-bond donors (Lipinski definition) is 2. The lowest BCUT2D eigenvalue weighted by molar-refractivity contribution is 0.282. The molecule has 2 N–H and O–H groups in total. The second-order valence-corrected chi connectivity index (χ2v) is 6.93. The van der Waals surface area contributed by atoms with Gasteiger partial charge in [0.15, 0.2) is 0 Å². The smallest absolute Gasteiger partial charge is 0.241 e. The number of thiophene rings is 1. The maximum atomic E-state index is 11.9. The van der Waals surface area contributed by atoms with Gasteiger partial charge in [-0.25, -0.2) is 13.1 Å². The van der Waals surface area contributed by atoms with Gasteiger partial charge in [-0.3, -0.25) is 0 Å². The fourth-order valence-corrected chi connectivity index (χ4v) is 4.05. The van der Waals surface area contributed by atoms with Gasteiger partial charge in [-0.2, -0.15) is 0 Å². The molecule has 6 heteroatoms. The molecule has 1 aromatic rings. The van der Waals surface area contributed by atoms with Crippen LogP contribution in [0.1, 0.15) is 18.2 Å². The standard InChI is InChI=1S/C10H15NO3S2/c1-7-4-8(7)5-11-16(13,14)10-2-3-15-9(10)6-12/h2-3,7-8,11-12H,4-6H2,1H3. The van der Waals surface area contributed by atoms with Crippen molar-refractivity contribution in [2.45, 2.75) is 24.8 Å². The summed E-state index contributed by atoms with van der Waals surface area (Å²) in [6.07, 6.45) is 1.10. The molecule has 0 aromatic carbocycles. The van der Waals surface area contributed by atoms with Crippen molar-refractivity contribution in [2.24, 2.45) is 11.8 Å². The van der Waals surface area contributed by atoms with E-state index < -0.39 is 10.0 Å². The van der Waals surface area contributed by atoms with Gasteiger partial charge in [0, 0.05) is 11.4 Å². The van der Waals surface area contributed by atoms with E-state index in [4.69, 9.17) is 5.11 Å². The van der Waals surface area contributed by atoms with Crippen LogP contribution < -0.4 is 4.72 Å². The van der Waals surface area contributed by atoms with Gasteiger partial charge < -0.3 is 5.11 Å². The van der Waals surface area contributed by atoms with Crippen LogP contribution in [0.25, 0.3) is 0 Å². The molecule has 1 heterocycles. The SMILES string of the molecule is CC1CC1CNS(=O)(=O)c1ccsc1CO. The molecule has 1 saturated carbocycles. The maximum absolute atomic E-state index is 11.9. The normalized spacial score (nSPS) is 24.6. The number of hydrogen-bond acceptors (Lipinski definition) is 4. The highest BCUT2D eigenvalue weighted by molar-refractivity contribution is 7.89. The quantitative estimate of drug-likeness (QED) is 0.836. The Bertz CT molecular complexity index is 466. The molecule has 16 heavy (non-hydrogen) atoms. The van der Waals surface area contributed by atoms with E-state index in [0.717, 1.165) is 6.42 Å². The minimum Gasteiger partial charge on any atom is -0.391 e. The first-order valence-electron chi connectivity index (χ1n) is 5.21. The largest absolute Gasteiger partial charge is 0.391 e. The Morgan fingerprint density at radius 3 is 2.88 bits per heavy atom. The second kappa shape index (κ2) is 4.44. The first kappa shape index (κ1) is 12.0. The fraction of sp³-hybridized carbons (Fsp3) is 0.600. The van der Waals surface area contributed by atoms with Crippen molar-refractivity contribution in [3.8, 4) is 0 Å². The van der Waals surface area contributed by atoms with Gasteiger partial charge in [-0.1, -0.05) is 6.92 Å². The molecule has 1 aromatic heterocycles. The molecule has 2 atom stereocenters. The van der Waals surface area contributed by atoms with Crippen molar-refractivity contribution in [3.05, 3.63) is 16.3 Å². The number of sulfonamides is 1. The molecule has 4 nitrogen and oxygen atoms in total. The summed E-state index contributed by atoms with van der Waals surface area (Å²) in [5, 5.41) is 10.7. The average molecular weight is 261 g/mol. The first-order chi connectivity index (χ1) is 7.54. The van der Waals surface area contributed by atoms with E-state index in [0.29, 0.717) is 23.3 Å². The van der Waals surface area contributed by atoms with Crippen LogP contribution in [0.5, 0.6) is 0 Å². The van der Waals surface area contributed by atoms with E-state index in [1.54, 1.807) is 5.38 Å². The van der Waals surface area contributed by atoms with E-state index in [1.165, 1.54) is 17.4 Å². The molecule has 0 saturated heterocycles.